The SMILES string of the molecule is O=C(O)C[C@@H]1COCCN1C(=O)C1=Cc2ccccc2OC1. The largest absolute Gasteiger partial charge is 0.488 e. The number of ether oxygens (including phenoxy) is 2. The number of carboxylic acid groups (broad SMARTS) is 1. The van der Waals surface area contributed by atoms with Crippen LogP contribution in [0, 0.1) is 0 Å². The van der Waals surface area contributed by atoms with Gasteiger partial charge in [0.1, 0.15) is 12.4 Å². The Morgan fingerprint density at radius 1 is 1.32 bits per heavy atom. The molecule has 1 N–H and O–H groups in total. The molecule has 116 valence electrons. The Morgan fingerprint density at radius 3 is 2.95 bits per heavy atom. The van der Waals surface area contributed by atoms with Crippen LogP contribution < -0.4 is 4.74 Å². The van der Waals surface area contributed by atoms with E-state index in [9.17, 15) is 9.59 Å². The van der Waals surface area contributed by atoms with E-state index in [-0.39, 0.29) is 25.5 Å². The molecule has 1 amide bonds. The zero-order valence-electron chi connectivity index (χ0n) is 12.0. The number of hydrogen-bond acceptors (Lipinski definition) is 4. The van der Waals surface area contributed by atoms with Crippen LogP contribution in [-0.2, 0) is 14.3 Å². The Hall–Kier alpha value is -2.34. The van der Waals surface area contributed by atoms with Gasteiger partial charge in [0.2, 0.25) is 0 Å². The number of hydrogen-bond donors (Lipinski definition) is 1. The molecule has 0 aliphatic carbocycles. The highest BCUT2D eigenvalue weighted by Gasteiger charge is 2.31. The summed E-state index contributed by atoms with van der Waals surface area (Å²) in [5.41, 5.74) is 1.40. The number of benzene rings is 1. The molecule has 6 heteroatoms. The Bertz CT molecular complexity index is 625. The average Bonchev–Trinajstić information content (AvgIpc) is 2.54. The first-order valence-corrected chi connectivity index (χ1v) is 7.18. The zero-order chi connectivity index (χ0) is 15.5. The summed E-state index contributed by atoms with van der Waals surface area (Å²) in [4.78, 5) is 25.2. The summed E-state index contributed by atoms with van der Waals surface area (Å²) in [6, 6.07) is 7.07. The number of aliphatic carboxylic acids is 1. The molecule has 2 aliphatic heterocycles. The standard InChI is InChI=1S/C16H17NO5/c18-15(19)8-13-10-21-6-5-17(13)16(20)12-7-11-3-1-2-4-14(11)22-9-12/h1-4,7,13H,5-6,8-10H2,(H,18,19)/t13-/m1/s1. The van der Waals surface area contributed by atoms with Crippen LogP contribution in [0.2, 0.25) is 0 Å². The van der Waals surface area contributed by atoms with Gasteiger partial charge in [0, 0.05) is 12.1 Å². The summed E-state index contributed by atoms with van der Waals surface area (Å²) in [6.07, 6.45) is 1.70. The summed E-state index contributed by atoms with van der Waals surface area (Å²) in [6.45, 7) is 1.28. The zero-order valence-corrected chi connectivity index (χ0v) is 12.0. The van der Waals surface area contributed by atoms with Gasteiger partial charge in [0.05, 0.1) is 31.2 Å². The minimum Gasteiger partial charge on any atom is -0.488 e. The van der Waals surface area contributed by atoms with Gasteiger partial charge in [-0.15, -0.1) is 0 Å². The lowest BCUT2D eigenvalue weighted by atomic mass is 10.0. The summed E-state index contributed by atoms with van der Waals surface area (Å²) >= 11 is 0. The van der Waals surface area contributed by atoms with E-state index in [2.05, 4.69) is 0 Å². The van der Waals surface area contributed by atoms with Crippen molar-refractivity contribution in [1.82, 2.24) is 4.90 Å². The maximum Gasteiger partial charge on any atom is 0.305 e. The molecule has 1 fully saturated rings. The van der Waals surface area contributed by atoms with Crippen molar-refractivity contribution in [1.29, 1.82) is 0 Å². The molecule has 0 bridgehead atoms. The minimum absolute atomic E-state index is 0.115. The van der Waals surface area contributed by atoms with Crippen LogP contribution in [0.5, 0.6) is 5.75 Å². The van der Waals surface area contributed by atoms with Crippen LogP contribution in [0.1, 0.15) is 12.0 Å². The fourth-order valence-electron chi connectivity index (χ4n) is 2.72. The number of rotatable bonds is 3. The van der Waals surface area contributed by atoms with Gasteiger partial charge < -0.3 is 19.5 Å². The molecule has 1 atom stereocenters. The molecule has 0 saturated carbocycles. The summed E-state index contributed by atoms with van der Waals surface area (Å²) in [5, 5.41) is 8.97. The molecule has 2 heterocycles. The van der Waals surface area contributed by atoms with Crippen molar-refractivity contribution in [3.05, 3.63) is 35.4 Å². The third-order valence-corrected chi connectivity index (χ3v) is 3.81. The number of morpholine rings is 1. The monoisotopic (exact) mass is 303 g/mol. The van der Waals surface area contributed by atoms with Gasteiger partial charge in [0.25, 0.3) is 5.91 Å². The molecule has 3 rings (SSSR count). The third kappa shape index (κ3) is 2.96. The lowest BCUT2D eigenvalue weighted by Crippen LogP contribution is -2.50. The maximum atomic E-state index is 12.7. The quantitative estimate of drug-likeness (QED) is 0.907. The van der Waals surface area contributed by atoms with E-state index in [0.29, 0.717) is 18.7 Å². The predicted octanol–water partition coefficient (Wildman–Crippen LogP) is 1.16. The van der Waals surface area contributed by atoms with E-state index >= 15 is 0 Å². The van der Waals surface area contributed by atoms with Crippen molar-refractivity contribution in [3.8, 4) is 5.75 Å². The van der Waals surface area contributed by atoms with E-state index < -0.39 is 12.0 Å². The van der Waals surface area contributed by atoms with Gasteiger partial charge in [-0.05, 0) is 12.1 Å². The fraction of sp³-hybridized carbons (Fsp3) is 0.375. The van der Waals surface area contributed by atoms with E-state index in [4.69, 9.17) is 14.6 Å². The van der Waals surface area contributed by atoms with Crippen LogP contribution in [0.3, 0.4) is 0 Å². The second kappa shape index (κ2) is 6.19. The highest BCUT2D eigenvalue weighted by molar-refractivity contribution is 5.99. The summed E-state index contributed by atoms with van der Waals surface area (Å²) < 4.78 is 10.9. The Kier molecular flexibility index (Phi) is 4.11. The lowest BCUT2D eigenvalue weighted by Gasteiger charge is -2.35. The van der Waals surface area contributed by atoms with Crippen LogP contribution in [0.4, 0.5) is 0 Å². The van der Waals surface area contributed by atoms with Gasteiger partial charge in [-0.1, -0.05) is 18.2 Å². The van der Waals surface area contributed by atoms with Crippen molar-refractivity contribution in [2.45, 2.75) is 12.5 Å². The number of carbonyl (C=O) groups excluding carboxylic acids is 1. The molecule has 0 aromatic heterocycles. The molecule has 1 saturated heterocycles. The van der Waals surface area contributed by atoms with Crippen molar-refractivity contribution in [3.63, 3.8) is 0 Å². The molecule has 0 radical (unpaired) electrons. The Balaban J connectivity index is 1.81. The molecule has 1 aromatic carbocycles. The molecule has 0 unspecified atom stereocenters. The first kappa shape index (κ1) is 14.6. The highest BCUT2D eigenvalue weighted by atomic mass is 16.5. The van der Waals surface area contributed by atoms with E-state index in [1.807, 2.05) is 30.3 Å². The Morgan fingerprint density at radius 2 is 2.14 bits per heavy atom. The maximum absolute atomic E-state index is 12.7. The van der Waals surface area contributed by atoms with Crippen LogP contribution in [0.15, 0.2) is 29.8 Å². The third-order valence-electron chi connectivity index (χ3n) is 3.81. The molecule has 6 nitrogen and oxygen atoms in total. The van der Waals surface area contributed by atoms with Crippen LogP contribution >= 0.6 is 0 Å². The summed E-state index contributed by atoms with van der Waals surface area (Å²) in [5.74, 6) is -0.361. The van der Waals surface area contributed by atoms with Gasteiger partial charge in [0.15, 0.2) is 0 Å². The molecule has 2 aliphatic rings. The normalized spacial score (nSPS) is 20.6. The molecule has 0 spiro atoms. The van der Waals surface area contributed by atoms with Crippen molar-refractivity contribution in [2.24, 2.45) is 0 Å². The number of nitrogens with zero attached hydrogens (tertiary/aromatic N) is 1. The van der Waals surface area contributed by atoms with Crippen molar-refractivity contribution < 1.29 is 24.2 Å². The van der Waals surface area contributed by atoms with Crippen molar-refractivity contribution >= 4 is 18.0 Å². The number of amides is 1. The van der Waals surface area contributed by atoms with Crippen LogP contribution in [0.25, 0.3) is 6.08 Å². The van der Waals surface area contributed by atoms with Crippen molar-refractivity contribution in [2.75, 3.05) is 26.4 Å². The number of fused-ring (bicyclic) bond motifs is 1. The number of para-hydroxylation sites is 1. The molecular formula is C16H17NO5. The average molecular weight is 303 g/mol. The predicted molar refractivity (Wildman–Crippen MR) is 78.5 cm³/mol. The van der Waals surface area contributed by atoms with E-state index in [1.165, 1.54) is 0 Å². The Labute approximate surface area is 127 Å². The first-order chi connectivity index (χ1) is 10.6. The number of carbonyl (C=O) groups is 2. The van der Waals surface area contributed by atoms with Gasteiger partial charge >= 0.3 is 5.97 Å². The summed E-state index contributed by atoms with van der Waals surface area (Å²) in [7, 11) is 0. The number of carboxylic acids is 1. The second-order valence-corrected chi connectivity index (χ2v) is 5.32. The van der Waals surface area contributed by atoms with E-state index in [0.717, 1.165) is 11.3 Å². The van der Waals surface area contributed by atoms with Gasteiger partial charge in [-0.2, -0.15) is 0 Å². The first-order valence-electron chi connectivity index (χ1n) is 7.18. The fourth-order valence-corrected chi connectivity index (χ4v) is 2.72. The van der Waals surface area contributed by atoms with Gasteiger partial charge in [-0.3, -0.25) is 9.59 Å². The van der Waals surface area contributed by atoms with E-state index in [1.54, 1.807) is 4.90 Å². The smallest absolute Gasteiger partial charge is 0.305 e. The lowest BCUT2D eigenvalue weighted by molar-refractivity contribution is -0.144. The highest BCUT2D eigenvalue weighted by Crippen LogP contribution is 2.27. The second-order valence-electron chi connectivity index (χ2n) is 5.32. The van der Waals surface area contributed by atoms with Gasteiger partial charge in [-0.25, -0.2) is 0 Å². The molecule has 1 aromatic rings. The van der Waals surface area contributed by atoms with Crippen LogP contribution in [-0.4, -0.2) is 54.3 Å². The minimum atomic E-state index is -0.937. The molecular weight excluding hydrogens is 286 g/mol. The molecule has 22 heavy (non-hydrogen) atoms. The topological polar surface area (TPSA) is 76.1 Å².